The molecular weight excluding hydrogens is 394 g/mol. The third-order valence-corrected chi connectivity index (χ3v) is 4.49. The fourth-order valence-electron chi connectivity index (χ4n) is 2.99. The lowest BCUT2D eigenvalue weighted by molar-refractivity contribution is -0.112. The van der Waals surface area contributed by atoms with Crippen molar-refractivity contribution >= 4 is 17.7 Å². The highest BCUT2D eigenvalue weighted by Crippen LogP contribution is 2.32. The van der Waals surface area contributed by atoms with Gasteiger partial charge in [0.05, 0.1) is 5.69 Å². The average molecular weight is 413 g/mol. The van der Waals surface area contributed by atoms with E-state index >= 15 is 0 Å². The number of pyridine rings is 1. The summed E-state index contributed by atoms with van der Waals surface area (Å²) in [5, 5.41) is 12.3. The van der Waals surface area contributed by atoms with E-state index in [1.807, 2.05) is 36.4 Å². The first-order chi connectivity index (χ1) is 15.2. The van der Waals surface area contributed by atoms with E-state index in [1.54, 1.807) is 36.5 Å². The number of benzene rings is 2. The van der Waals surface area contributed by atoms with Crippen molar-refractivity contribution in [3.8, 4) is 23.3 Å². The fraction of sp³-hybridized carbons (Fsp3) is 0.125. The number of hydrogen-bond donors (Lipinski definition) is 1. The van der Waals surface area contributed by atoms with Crippen molar-refractivity contribution in [1.29, 1.82) is 5.26 Å². The molecule has 0 unspecified atom stereocenters. The lowest BCUT2D eigenvalue weighted by Crippen LogP contribution is -2.17. The molecule has 1 aliphatic heterocycles. The van der Waals surface area contributed by atoms with Gasteiger partial charge in [0.25, 0.3) is 5.91 Å². The van der Waals surface area contributed by atoms with Crippen molar-refractivity contribution in [2.75, 3.05) is 18.5 Å². The summed E-state index contributed by atoms with van der Waals surface area (Å²) in [6, 6.07) is 19.8. The van der Waals surface area contributed by atoms with Crippen LogP contribution in [0.1, 0.15) is 11.3 Å². The highest BCUT2D eigenvalue weighted by atomic mass is 16.6. The summed E-state index contributed by atoms with van der Waals surface area (Å²) in [6.07, 6.45) is 3.20. The van der Waals surface area contributed by atoms with E-state index in [0.717, 1.165) is 5.69 Å². The van der Waals surface area contributed by atoms with Crippen molar-refractivity contribution in [3.63, 3.8) is 0 Å². The summed E-state index contributed by atoms with van der Waals surface area (Å²) in [5.74, 6) is 1.20. The zero-order chi connectivity index (χ0) is 21.5. The molecule has 0 fully saturated rings. The van der Waals surface area contributed by atoms with Crippen LogP contribution in [0.2, 0.25) is 0 Å². The second-order valence-electron chi connectivity index (χ2n) is 6.63. The van der Waals surface area contributed by atoms with E-state index in [2.05, 4.69) is 10.3 Å². The van der Waals surface area contributed by atoms with Crippen molar-refractivity contribution in [1.82, 2.24) is 4.98 Å². The Morgan fingerprint density at radius 1 is 1.10 bits per heavy atom. The molecule has 0 spiro atoms. The maximum atomic E-state index is 12.7. The number of rotatable bonds is 6. The molecule has 4 rings (SSSR count). The van der Waals surface area contributed by atoms with Crippen LogP contribution in [0.15, 0.2) is 72.4 Å². The number of carbonyl (C=O) groups is 1. The number of ether oxygens (including phenoxy) is 3. The average Bonchev–Trinajstić information content (AvgIpc) is 2.82. The van der Waals surface area contributed by atoms with Crippen molar-refractivity contribution in [2.45, 2.75) is 6.61 Å². The quantitative estimate of drug-likeness (QED) is 0.485. The van der Waals surface area contributed by atoms with Crippen LogP contribution in [-0.4, -0.2) is 24.1 Å². The first-order valence-corrected chi connectivity index (χ1v) is 9.67. The molecule has 3 aromatic rings. The van der Waals surface area contributed by atoms with E-state index in [1.165, 1.54) is 6.08 Å². The minimum atomic E-state index is -0.529. The van der Waals surface area contributed by atoms with E-state index in [0.29, 0.717) is 41.7 Å². The maximum Gasteiger partial charge on any atom is 0.266 e. The first kappa shape index (κ1) is 20.0. The van der Waals surface area contributed by atoms with Crippen LogP contribution in [-0.2, 0) is 11.4 Å². The molecule has 0 saturated heterocycles. The Bertz CT molecular complexity index is 1150. The van der Waals surface area contributed by atoms with Gasteiger partial charge < -0.3 is 19.5 Å². The predicted molar refractivity (Wildman–Crippen MR) is 115 cm³/mol. The number of nitrogens with one attached hydrogen (secondary N) is 1. The van der Waals surface area contributed by atoms with Gasteiger partial charge in [-0.05, 0) is 36.4 Å². The first-order valence-electron chi connectivity index (χ1n) is 9.67. The van der Waals surface area contributed by atoms with Gasteiger partial charge >= 0.3 is 0 Å². The molecule has 1 amide bonds. The molecule has 0 radical (unpaired) electrons. The van der Waals surface area contributed by atoms with Gasteiger partial charge in [0, 0.05) is 23.5 Å². The van der Waals surface area contributed by atoms with Crippen LogP contribution >= 0.6 is 0 Å². The van der Waals surface area contributed by atoms with Crippen LogP contribution in [0.25, 0.3) is 6.08 Å². The Morgan fingerprint density at radius 2 is 1.90 bits per heavy atom. The molecule has 1 N–H and O–H groups in total. The third kappa shape index (κ3) is 5.00. The normalized spacial score (nSPS) is 12.5. The Morgan fingerprint density at radius 3 is 2.71 bits per heavy atom. The maximum absolute atomic E-state index is 12.7. The second kappa shape index (κ2) is 9.46. The molecule has 7 nitrogen and oxygen atoms in total. The zero-order valence-corrected chi connectivity index (χ0v) is 16.6. The molecule has 1 aromatic heterocycles. The van der Waals surface area contributed by atoms with Gasteiger partial charge in [0.2, 0.25) is 0 Å². The number of carbonyl (C=O) groups excluding carboxylic acids is 1. The van der Waals surface area contributed by atoms with Crippen molar-refractivity contribution in [2.24, 2.45) is 0 Å². The van der Waals surface area contributed by atoms with Crippen LogP contribution in [0.3, 0.4) is 0 Å². The molecule has 154 valence electrons. The van der Waals surface area contributed by atoms with E-state index in [4.69, 9.17) is 14.2 Å². The molecule has 2 aromatic carbocycles. The van der Waals surface area contributed by atoms with E-state index in [-0.39, 0.29) is 12.2 Å². The van der Waals surface area contributed by atoms with Gasteiger partial charge in [-0.2, -0.15) is 5.26 Å². The summed E-state index contributed by atoms with van der Waals surface area (Å²) >= 11 is 0. The van der Waals surface area contributed by atoms with Gasteiger partial charge in [0.1, 0.15) is 37.2 Å². The third-order valence-electron chi connectivity index (χ3n) is 4.49. The molecule has 0 atom stereocenters. The number of para-hydroxylation sites is 1. The molecule has 0 saturated carbocycles. The number of amides is 1. The van der Waals surface area contributed by atoms with Gasteiger partial charge in [0.15, 0.2) is 11.5 Å². The minimum Gasteiger partial charge on any atom is -0.487 e. The summed E-state index contributed by atoms with van der Waals surface area (Å²) < 4.78 is 16.9. The highest BCUT2D eigenvalue weighted by Gasteiger charge is 2.15. The van der Waals surface area contributed by atoms with Gasteiger partial charge in [-0.25, -0.2) is 0 Å². The number of hydrogen-bond acceptors (Lipinski definition) is 6. The fourth-order valence-corrected chi connectivity index (χ4v) is 2.99. The van der Waals surface area contributed by atoms with Gasteiger partial charge in [-0.1, -0.05) is 24.3 Å². The number of anilines is 1. The standard InChI is InChI=1S/C24H19N3O4/c25-15-18(24(28)27-19-8-9-22-23(14-19)30-12-11-29-22)13-17-5-1-2-7-21(17)31-16-20-6-3-4-10-26-20/h1-10,13-14H,11-12,16H2,(H,27,28)/b18-13+. The monoisotopic (exact) mass is 413 g/mol. The molecule has 7 heteroatoms. The van der Waals surface area contributed by atoms with Gasteiger partial charge in [-0.15, -0.1) is 0 Å². The van der Waals surface area contributed by atoms with Crippen LogP contribution in [0, 0.1) is 11.3 Å². The molecule has 0 bridgehead atoms. The Balaban J connectivity index is 1.50. The summed E-state index contributed by atoms with van der Waals surface area (Å²) in [6.45, 7) is 1.21. The summed E-state index contributed by atoms with van der Waals surface area (Å²) in [7, 11) is 0. The second-order valence-corrected chi connectivity index (χ2v) is 6.63. The molecule has 0 aliphatic carbocycles. The minimum absolute atomic E-state index is 0.0521. The molecule has 1 aliphatic rings. The van der Waals surface area contributed by atoms with E-state index in [9.17, 15) is 10.1 Å². The van der Waals surface area contributed by atoms with Crippen LogP contribution < -0.4 is 19.5 Å². The predicted octanol–water partition coefficient (Wildman–Crippen LogP) is 3.98. The number of fused-ring (bicyclic) bond motifs is 1. The number of nitrogens with zero attached hydrogens (tertiary/aromatic N) is 2. The van der Waals surface area contributed by atoms with Crippen molar-refractivity contribution in [3.05, 3.63) is 83.7 Å². The molecule has 2 heterocycles. The van der Waals surface area contributed by atoms with Gasteiger partial charge in [-0.3, -0.25) is 9.78 Å². The Labute approximate surface area is 179 Å². The SMILES string of the molecule is N#C/C(=C\c1ccccc1OCc1ccccn1)C(=O)Nc1ccc2c(c1)OCCO2. The number of nitriles is 1. The topological polar surface area (TPSA) is 93.5 Å². The van der Waals surface area contributed by atoms with Crippen LogP contribution in [0.5, 0.6) is 17.2 Å². The summed E-state index contributed by atoms with van der Waals surface area (Å²) in [5.41, 5.74) is 1.85. The summed E-state index contributed by atoms with van der Waals surface area (Å²) in [4.78, 5) is 16.9. The van der Waals surface area contributed by atoms with Crippen molar-refractivity contribution < 1.29 is 19.0 Å². The lowest BCUT2D eigenvalue weighted by Gasteiger charge is -2.19. The highest BCUT2D eigenvalue weighted by molar-refractivity contribution is 6.10. The number of aromatic nitrogens is 1. The Kier molecular flexibility index (Phi) is 6.10. The lowest BCUT2D eigenvalue weighted by atomic mass is 10.1. The molecular formula is C24H19N3O4. The Hall–Kier alpha value is -4.31. The van der Waals surface area contributed by atoms with E-state index < -0.39 is 5.91 Å². The van der Waals surface area contributed by atoms with Crippen LogP contribution in [0.4, 0.5) is 5.69 Å². The zero-order valence-electron chi connectivity index (χ0n) is 16.6. The largest absolute Gasteiger partial charge is 0.487 e. The molecule has 31 heavy (non-hydrogen) atoms. The smallest absolute Gasteiger partial charge is 0.266 e.